The Morgan fingerprint density at radius 3 is 2.25 bits per heavy atom. The fourth-order valence-electron chi connectivity index (χ4n) is 3.41. The van der Waals surface area contributed by atoms with Gasteiger partial charge in [0.15, 0.2) is 8.32 Å². The van der Waals surface area contributed by atoms with Crippen molar-refractivity contribution in [2.45, 2.75) is 62.7 Å². The molecule has 4 nitrogen and oxygen atoms in total. The molecule has 1 aliphatic carbocycles. The molecule has 0 aromatic carbocycles. The first kappa shape index (κ1) is 16.6. The number of epoxide rings is 1. The van der Waals surface area contributed by atoms with Crippen LogP contribution in [0, 0.1) is 5.92 Å². The van der Waals surface area contributed by atoms with Crippen LogP contribution in [0.2, 0.25) is 24.8 Å². The summed E-state index contributed by atoms with van der Waals surface area (Å²) >= 11 is 0. The van der Waals surface area contributed by atoms with Gasteiger partial charge < -0.3 is 18.0 Å². The van der Waals surface area contributed by atoms with Crippen LogP contribution in [-0.2, 0) is 18.0 Å². The molecule has 2 rings (SSSR count). The lowest BCUT2D eigenvalue weighted by molar-refractivity contribution is 0.236. The molecule has 118 valence electrons. The summed E-state index contributed by atoms with van der Waals surface area (Å²) in [5.74, 6) is 0.795. The highest BCUT2D eigenvalue weighted by Crippen LogP contribution is 2.42. The second kappa shape index (κ2) is 6.58. The van der Waals surface area contributed by atoms with Gasteiger partial charge in [-0.05, 0) is 50.7 Å². The molecule has 0 amide bonds. The Morgan fingerprint density at radius 2 is 1.70 bits per heavy atom. The number of ether oxygens (including phenoxy) is 1. The van der Waals surface area contributed by atoms with E-state index in [4.69, 9.17) is 18.0 Å². The van der Waals surface area contributed by atoms with Gasteiger partial charge in [0.25, 0.3) is 0 Å². The molecule has 3 unspecified atom stereocenters. The highest BCUT2D eigenvalue weighted by atomic mass is 28.4. The maximum absolute atomic E-state index is 5.89. The summed E-state index contributed by atoms with van der Waals surface area (Å²) in [6.45, 7) is 4.49. The first-order chi connectivity index (χ1) is 9.43. The van der Waals surface area contributed by atoms with E-state index in [1.165, 1.54) is 25.7 Å². The number of fused-ring (bicyclic) bond motifs is 1. The van der Waals surface area contributed by atoms with Crippen LogP contribution in [0.5, 0.6) is 0 Å². The predicted octanol–water partition coefficient (Wildman–Crippen LogP) is 3.07. The average molecular weight is 319 g/mol. The fraction of sp³-hybridized carbons (Fsp3) is 1.00. The Kier molecular flexibility index (Phi) is 5.48. The number of hydrogen-bond donors (Lipinski definition) is 0. The number of hydrogen-bond acceptors (Lipinski definition) is 4. The maximum atomic E-state index is 5.89. The van der Waals surface area contributed by atoms with Crippen molar-refractivity contribution in [3.8, 4) is 0 Å². The lowest BCUT2D eigenvalue weighted by Gasteiger charge is -2.34. The highest BCUT2D eigenvalue weighted by Gasteiger charge is 2.46. The van der Waals surface area contributed by atoms with Gasteiger partial charge in [-0.3, -0.25) is 0 Å². The second-order valence-electron chi connectivity index (χ2n) is 6.89. The molecular weight excluding hydrogens is 288 g/mol. The van der Waals surface area contributed by atoms with Crippen LogP contribution in [0.1, 0.15) is 25.7 Å². The van der Waals surface area contributed by atoms with Gasteiger partial charge in [0.05, 0.1) is 12.2 Å². The van der Waals surface area contributed by atoms with Gasteiger partial charge in [-0.25, -0.2) is 0 Å². The summed E-state index contributed by atoms with van der Waals surface area (Å²) in [6.07, 6.45) is 6.19. The standard InChI is InChI=1S/C14H30O4Si2/c1-15-19(4,5)11-20(16-2,17-3)9-8-12-6-7-13-14(10-12)18-13/h12-14H,6-11H2,1-5H3. The van der Waals surface area contributed by atoms with Crippen molar-refractivity contribution in [1.29, 1.82) is 0 Å². The van der Waals surface area contributed by atoms with Crippen molar-refractivity contribution >= 4 is 16.9 Å². The highest BCUT2D eigenvalue weighted by molar-refractivity contribution is 6.87. The summed E-state index contributed by atoms with van der Waals surface area (Å²) in [4.78, 5) is 0. The van der Waals surface area contributed by atoms with E-state index in [1.807, 2.05) is 21.3 Å². The third-order valence-corrected chi connectivity index (χ3v) is 14.2. The zero-order valence-corrected chi connectivity index (χ0v) is 15.6. The van der Waals surface area contributed by atoms with Crippen LogP contribution < -0.4 is 0 Å². The van der Waals surface area contributed by atoms with Crippen molar-refractivity contribution in [3.63, 3.8) is 0 Å². The smallest absolute Gasteiger partial charge is 0.337 e. The van der Waals surface area contributed by atoms with E-state index in [0.29, 0.717) is 12.2 Å². The van der Waals surface area contributed by atoms with Gasteiger partial charge >= 0.3 is 8.56 Å². The Labute approximate surface area is 125 Å². The van der Waals surface area contributed by atoms with Gasteiger partial charge in [0.1, 0.15) is 0 Å². The largest absolute Gasteiger partial charge is 0.421 e. The van der Waals surface area contributed by atoms with Crippen molar-refractivity contribution in [2.24, 2.45) is 5.92 Å². The first-order valence-electron chi connectivity index (χ1n) is 7.74. The summed E-state index contributed by atoms with van der Waals surface area (Å²) < 4.78 is 23.1. The molecule has 0 bridgehead atoms. The van der Waals surface area contributed by atoms with E-state index in [2.05, 4.69) is 13.1 Å². The molecule has 0 radical (unpaired) electrons. The van der Waals surface area contributed by atoms with Crippen LogP contribution in [0.15, 0.2) is 0 Å². The topological polar surface area (TPSA) is 40.2 Å². The Hall–Kier alpha value is 0.274. The monoisotopic (exact) mass is 318 g/mol. The molecule has 20 heavy (non-hydrogen) atoms. The molecule has 0 aromatic heterocycles. The average Bonchev–Trinajstić information content (AvgIpc) is 3.22. The third kappa shape index (κ3) is 4.14. The van der Waals surface area contributed by atoms with Gasteiger partial charge in [0.2, 0.25) is 0 Å². The number of rotatable bonds is 8. The van der Waals surface area contributed by atoms with Gasteiger partial charge in [-0.2, -0.15) is 0 Å². The van der Waals surface area contributed by atoms with Crippen LogP contribution in [0.3, 0.4) is 0 Å². The fourth-order valence-corrected chi connectivity index (χ4v) is 12.5. The molecule has 0 N–H and O–H groups in total. The predicted molar refractivity (Wildman–Crippen MR) is 84.5 cm³/mol. The summed E-state index contributed by atoms with van der Waals surface area (Å²) in [5.41, 5.74) is 1.01. The van der Waals surface area contributed by atoms with Crippen LogP contribution >= 0.6 is 0 Å². The molecule has 2 fully saturated rings. The van der Waals surface area contributed by atoms with E-state index < -0.39 is 16.9 Å². The molecule has 0 aromatic rings. The van der Waals surface area contributed by atoms with Crippen molar-refractivity contribution in [2.75, 3.05) is 21.3 Å². The minimum atomic E-state index is -2.10. The van der Waals surface area contributed by atoms with E-state index in [0.717, 1.165) is 17.6 Å². The zero-order valence-electron chi connectivity index (χ0n) is 13.6. The molecule has 1 heterocycles. The Bertz CT molecular complexity index is 320. The summed E-state index contributed by atoms with van der Waals surface area (Å²) in [7, 11) is 1.70. The molecule has 0 spiro atoms. The van der Waals surface area contributed by atoms with Crippen LogP contribution in [0.4, 0.5) is 0 Å². The van der Waals surface area contributed by atoms with Crippen molar-refractivity contribution in [1.82, 2.24) is 0 Å². The van der Waals surface area contributed by atoms with Crippen molar-refractivity contribution in [3.05, 3.63) is 0 Å². The quantitative estimate of drug-likeness (QED) is 0.509. The maximum Gasteiger partial charge on any atom is 0.337 e. The zero-order chi connectivity index (χ0) is 14.8. The SMILES string of the molecule is CO[Si](C)(C)C[Si](CCC1CCC2OC2C1)(OC)OC. The third-order valence-electron chi connectivity index (χ3n) is 5.04. The second-order valence-corrected chi connectivity index (χ2v) is 15.4. The van der Waals surface area contributed by atoms with Crippen molar-refractivity contribution < 1.29 is 18.0 Å². The normalized spacial score (nSPS) is 30.1. The first-order valence-corrected chi connectivity index (χ1v) is 13.1. The molecule has 3 atom stereocenters. The lowest BCUT2D eigenvalue weighted by atomic mass is 9.88. The van der Waals surface area contributed by atoms with Crippen LogP contribution in [-0.4, -0.2) is 50.4 Å². The van der Waals surface area contributed by atoms with Gasteiger partial charge in [-0.15, -0.1) is 0 Å². The molecule has 1 saturated heterocycles. The van der Waals surface area contributed by atoms with Gasteiger partial charge in [-0.1, -0.05) is 0 Å². The van der Waals surface area contributed by atoms with E-state index in [9.17, 15) is 0 Å². The minimum absolute atomic E-state index is 0.569. The molecule has 1 aliphatic heterocycles. The molecule has 1 saturated carbocycles. The summed E-state index contributed by atoms with van der Waals surface area (Å²) in [6, 6.07) is 1.09. The minimum Gasteiger partial charge on any atom is -0.421 e. The molecule has 6 heteroatoms. The summed E-state index contributed by atoms with van der Waals surface area (Å²) in [5, 5.41) is 0. The van der Waals surface area contributed by atoms with Crippen LogP contribution in [0.25, 0.3) is 0 Å². The molecule has 2 aliphatic rings. The van der Waals surface area contributed by atoms with E-state index in [1.54, 1.807) is 0 Å². The van der Waals surface area contributed by atoms with E-state index in [-0.39, 0.29) is 0 Å². The van der Waals surface area contributed by atoms with Gasteiger partial charge in [0, 0.05) is 27.0 Å². The Balaban J connectivity index is 1.87. The molecular formula is C14H30O4Si2. The lowest BCUT2D eigenvalue weighted by Crippen LogP contribution is -2.49. The van der Waals surface area contributed by atoms with E-state index >= 15 is 0 Å². The Morgan fingerprint density at radius 1 is 1.00 bits per heavy atom.